The average molecular weight is 285 g/mol. The topological polar surface area (TPSA) is 53.2 Å². The quantitative estimate of drug-likeness (QED) is 0.907. The van der Waals surface area contributed by atoms with E-state index in [0.717, 1.165) is 25.0 Å². The van der Waals surface area contributed by atoms with Gasteiger partial charge in [0.2, 0.25) is 0 Å². The Hall–Kier alpha value is -1.74. The van der Waals surface area contributed by atoms with Gasteiger partial charge in [-0.25, -0.2) is 0 Å². The van der Waals surface area contributed by atoms with E-state index in [0.29, 0.717) is 12.8 Å². The molecule has 0 unspecified atom stereocenters. The largest absolute Gasteiger partial charge is 0.487 e. The number of hydrogen-bond donors (Lipinski definition) is 1. The molecule has 6 heteroatoms. The summed E-state index contributed by atoms with van der Waals surface area (Å²) in [6.45, 7) is 0. The van der Waals surface area contributed by atoms with Crippen LogP contribution in [0.3, 0.4) is 0 Å². The van der Waals surface area contributed by atoms with Gasteiger partial charge in [-0.15, -0.1) is 0 Å². The maximum atomic E-state index is 13.0. The van der Waals surface area contributed by atoms with Crippen LogP contribution in [0.1, 0.15) is 36.8 Å². The molecule has 20 heavy (non-hydrogen) atoms. The number of halogens is 3. The smallest absolute Gasteiger partial charge is 0.420 e. The van der Waals surface area contributed by atoms with Gasteiger partial charge in [-0.1, -0.05) is 6.42 Å². The van der Waals surface area contributed by atoms with E-state index in [1.165, 1.54) is 6.07 Å². The third-order valence-electron chi connectivity index (χ3n) is 3.36. The minimum atomic E-state index is -4.60. The van der Waals surface area contributed by atoms with Crippen LogP contribution in [0.25, 0.3) is 0 Å². The normalized spacial score (nSPS) is 23.1. The predicted octanol–water partition coefficient (Wildman–Crippen LogP) is 3.26. The molecule has 1 fully saturated rings. The molecule has 2 rings (SSSR count). The van der Waals surface area contributed by atoms with Crippen molar-refractivity contribution in [2.45, 2.75) is 44.1 Å². The molecule has 1 aromatic carbocycles. The first-order valence-electron chi connectivity index (χ1n) is 6.38. The Morgan fingerprint density at radius 3 is 2.55 bits per heavy atom. The van der Waals surface area contributed by atoms with E-state index in [9.17, 15) is 18.3 Å². The van der Waals surface area contributed by atoms with Gasteiger partial charge in [0.05, 0.1) is 23.3 Å². The van der Waals surface area contributed by atoms with E-state index >= 15 is 0 Å². The fourth-order valence-corrected chi connectivity index (χ4v) is 2.30. The highest BCUT2D eigenvalue weighted by Gasteiger charge is 2.36. The number of nitriles is 1. The molecule has 0 aromatic heterocycles. The summed E-state index contributed by atoms with van der Waals surface area (Å²) in [4.78, 5) is 0. The minimum Gasteiger partial charge on any atom is -0.487 e. The zero-order valence-corrected chi connectivity index (χ0v) is 10.7. The van der Waals surface area contributed by atoms with E-state index in [-0.39, 0.29) is 11.3 Å². The van der Waals surface area contributed by atoms with Gasteiger partial charge in [0, 0.05) is 0 Å². The van der Waals surface area contributed by atoms with Gasteiger partial charge in [0.1, 0.15) is 11.9 Å². The highest BCUT2D eigenvalue weighted by atomic mass is 19.4. The molecule has 0 heterocycles. The zero-order chi connectivity index (χ0) is 14.8. The van der Waals surface area contributed by atoms with Crippen LogP contribution in [0.2, 0.25) is 0 Å². The van der Waals surface area contributed by atoms with Gasteiger partial charge in [0.25, 0.3) is 0 Å². The molecule has 0 radical (unpaired) electrons. The average Bonchev–Trinajstić information content (AvgIpc) is 2.40. The summed E-state index contributed by atoms with van der Waals surface area (Å²) in [5.74, 6) is -0.331. The second-order valence-electron chi connectivity index (χ2n) is 4.83. The van der Waals surface area contributed by atoms with Crippen LogP contribution in [-0.2, 0) is 6.18 Å². The molecular formula is C14H14F3NO2. The second-order valence-corrected chi connectivity index (χ2v) is 4.83. The van der Waals surface area contributed by atoms with E-state index in [2.05, 4.69) is 0 Å². The first kappa shape index (κ1) is 14.7. The van der Waals surface area contributed by atoms with Crippen LogP contribution in [0, 0.1) is 11.3 Å². The molecule has 2 atom stereocenters. The molecule has 0 bridgehead atoms. The summed E-state index contributed by atoms with van der Waals surface area (Å²) in [7, 11) is 0. The van der Waals surface area contributed by atoms with Gasteiger partial charge in [-0.05, 0) is 37.5 Å². The molecule has 108 valence electrons. The monoisotopic (exact) mass is 285 g/mol. The molecule has 1 N–H and O–H groups in total. The number of nitrogens with zero attached hydrogens (tertiary/aromatic N) is 1. The highest BCUT2D eigenvalue weighted by molar-refractivity contribution is 5.43. The Morgan fingerprint density at radius 2 is 1.95 bits per heavy atom. The molecule has 0 spiro atoms. The van der Waals surface area contributed by atoms with Gasteiger partial charge in [0.15, 0.2) is 0 Å². The van der Waals surface area contributed by atoms with Crippen LogP contribution >= 0.6 is 0 Å². The number of aliphatic hydroxyl groups excluding tert-OH is 1. The number of rotatable bonds is 2. The third kappa shape index (κ3) is 3.23. The van der Waals surface area contributed by atoms with Crippen LogP contribution in [0.5, 0.6) is 5.75 Å². The van der Waals surface area contributed by atoms with Crippen molar-refractivity contribution in [2.24, 2.45) is 0 Å². The standard InChI is InChI=1S/C14H14F3NO2/c15-14(16,17)10-7-9(8-18)5-6-12(10)20-13-4-2-1-3-11(13)19/h5-7,11,13,19H,1-4H2/t11-,13-/m0/s1. The number of aliphatic hydroxyl groups is 1. The molecule has 1 aliphatic rings. The summed E-state index contributed by atoms with van der Waals surface area (Å²) < 4.78 is 44.2. The lowest BCUT2D eigenvalue weighted by Gasteiger charge is -2.29. The SMILES string of the molecule is N#Cc1ccc(O[C@H]2CCCC[C@@H]2O)c(C(F)(F)F)c1. The van der Waals surface area contributed by atoms with Crippen LogP contribution in [0.15, 0.2) is 18.2 Å². The van der Waals surface area contributed by atoms with Crippen LogP contribution in [-0.4, -0.2) is 17.3 Å². The molecular weight excluding hydrogens is 271 g/mol. The number of hydrogen-bond acceptors (Lipinski definition) is 3. The maximum absolute atomic E-state index is 13.0. The number of alkyl halides is 3. The fraction of sp³-hybridized carbons (Fsp3) is 0.500. The summed E-state index contributed by atoms with van der Waals surface area (Å²) >= 11 is 0. The van der Waals surface area contributed by atoms with Crippen molar-refractivity contribution in [2.75, 3.05) is 0 Å². The minimum absolute atomic E-state index is 0.0751. The maximum Gasteiger partial charge on any atom is 0.420 e. The summed E-state index contributed by atoms with van der Waals surface area (Å²) in [5, 5.41) is 18.5. The molecule has 0 saturated heterocycles. The van der Waals surface area contributed by atoms with Crippen molar-refractivity contribution >= 4 is 0 Å². The van der Waals surface area contributed by atoms with E-state index in [1.807, 2.05) is 0 Å². The van der Waals surface area contributed by atoms with Crippen LogP contribution in [0.4, 0.5) is 13.2 Å². The Kier molecular flexibility index (Phi) is 4.19. The summed E-state index contributed by atoms with van der Waals surface area (Å²) in [6, 6.07) is 4.86. The fourth-order valence-electron chi connectivity index (χ4n) is 2.30. The Balaban J connectivity index is 2.29. The van der Waals surface area contributed by atoms with Gasteiger partial charge in [-0.3, -0.25) is 0 Å². The molecule has 0 amide bonds. The van der Waals surface area contributed by atoms with Gasteiger partial charge in [-0.2, -0.15) is 18.4 Å². The van der Waals surface area contributed by atoms with Crippen molar-refractivity contribution in [1.29, 1.82) is 5.26 Å². The molecule has 0 aliphatic heterocycles. The van der Waals surface area contributed by atoms with E-state index < -0.39 is 23.9 Å². The van der Waals surface area contributed by atoms with Crippen LogP contribution < -0.4 is 4.74 Å². The lowest BCUT2D eigenvalue weighted by molar-refractivity contribution is -0.140. The van der Waals surface area contributed by atoms with E-state index in [1.54, 1.807) is 6.07 Å². The summed E-state index contributed by atoms with van der Waals surface area (Å²) in [5.41, 5.74) is -1.05. The number of ether oxygens (including phenoxy) is 1. The Bertz CT molecular complexity index is 522. The molecule has 3 nitrogen and oxygen atoms in total. The lowest BCUT2D eigenvalue weighted by atomic mass is 9.94. The van der Waals surface area contributed by atoms with Crippen molar-refractivity contribution in [3.63, 3.8) is 0 Å². The zero-order valence-electron chi connectivity index (χ0n) is 10.7. The first-order chi connectivity index (χ1) is 9.41. The van der Waals surface area contributed by atoms with Crippen molar-refractivity contribution in [3.8, 4) is 11.8 Å². The van der Waals surface area contributed by atoms with E-state index in [4.69, 9.17) is 10.00 Å². The molecule has 1 saturated carbocycles. The van der Waals surface area contributed by atoms with Crippen molar-refractivity contribution in [1.82, 2.24) is 0 Å². The summed E-state index contributed by atoms with van der Waals surface area (Å²) in [6.07, 6.45) is -3.25. The second kappa shape index (κ2) is 5.71. The molecule has 1 aromatic rings. The van der Waals surface area contributed by atoms with Crippen molar-refractivity contribution in [3.05, 3.63) is 29.3 Å². The van der Waals surface area contributed by atoms with Crippen molar-refractivity contribution < 1.29 is 23.0 Å². The Morgan fingerprint density at radius 1 is 1.25 bits per heavy atom. The number of benzene rings is 1. The lowest BCUT2D eigenvalue weighted by Crippen LogP contribution is -2.35. The molecule has 1 aliphatic carbocycles. The highest BCUT2D eigenvalue weighted by Crippen LogP contribution is 2.38. The van der Waals surface area contributed by atoms with Gasteiger partial charge < -0.3 is 9.84 Å². The predicted molar refractivity (Wildman–Crippen MR) is 65.0 cm³/mol. The first-order valence-corrected chi connectivity index (χ1v) is 6.38. The Labute approximate surface area is 114 Å². The van der Waals surface area contributed by atoms with Gasteiger partial charge >= 0.3 is 6.18 Å². The third-order valence-corrected chi connectivity index (χ3v) is 3.36.